The maximum Gasteiger partial charge on any atom is 0.263 e. The van der Waals surface area contributed by atoms with Crippen LogP contribution in [0, 0.1) is 6.92 Å². The summed E-state index contributed by atoms with van der Waals surface area (Å²) in [5.41, 5.74) is 1.60. The van der Waals surface area contributed by atoms with Crippen molar-refractivity contribution in [3.8, 4) is 32.8 Å². The van der Waals surface area contributed by atoms with Gasteiger partial charge in [0.2, 0.25) is 11.7 Å². The molecule has 0 radical (unpaired) electrons. The van der Waals surface area contributed by atoms with E-state index in [2.05, 4.69) is 20.4 Å². The van der Waals surface area contributed by atoms with Crippen LogP contribution in [0.3, 0.4) is 0 Å². The van der Waals surface area contributed by atoms with E-state index in [1.165, 1.54) is 11.3 Å². The number of ether oxygens (including phenoxy) is 2. The molecule has 0 aliphatic rings. The van der Waals surface area contributed by atoms with Gasteiger partial charge >= 0.3 is 0 Å². The van der Waals surface area contributed by atoms with Crippen LogP contribution in [0.4, 0.5) is 0 Å². The highest BCUT2D eigenvalue weighted by Crippen LogP contribution is 2.35. The molecule has 0 spiro atoms. The normalized spacial score (nSPS) is 10.9. The van der Waals surface area contributed by atoms with Crippen LogP contribution in [0.15, 0.2) is 40.2 Å². The molecule has 0 fully saturated rings. The van der Waals surface area contributed by atoms with E-state index in [1.54, 1.807) is 25.6 Å². The molecule has 8 nitrogen and oxygen atoms in total. The number of unbranched alkanes of at least 4 members (excludes halogenated alkanes) is 2. The Labute approximate surface area is 206 Å². The molecule has 178 valence electrons. The smallest absolute Gasteiger partial charge is 0.263 e. The lowest BCUT2D eigenvalue weighted by molar-refractivity contribution is 0.0956. The first kappa shape index (κ1) is 23.9. The number of aryl methyl sites for hydroxylation is 2. The molecule has 0 bridgehead atoms. The third-order valence-electron chi connectivity index (χ3n) is 5.20. The molecule has 1 aromatic carbocycles. The number of amides is 1. The van der Waals surface area contributed by atoms with Gasteiger partial charge in [0.1, 0.15) is 9.88 Å². The molecule has 3 aromatic heterocycles. The number of aromatic nitrogens is 3. The number of carbonyl (C=O) groups excluding carboxylic acids is 1. The molecule has 0 aliphatic heterocycles. The van der Waals surface area contributed by atoms with Crippen molar-refractivity contribution in [2.45, 2.75) is 32.6 Å². The zero-order chi connectivity index (χ0) is 23.9. The van der Waals surface area contributed by atoms with Gasteiger partial charge in [0.05, 0.1) is 24.8 Å². The SMILES string of the molecule is COc1ccc(-c2nc(C)c(C(=O)NCCCCCc3nc(-c4cccs4)no3)s2)cc1OC. The van der Waals surface area contributed by atoms with Crippen molar-refractivity contribution in [3.05, 3.63) is 52.2 Å². The second-order valence-corrected chi connectivity index (χ2v) is 9.51. The van der Waals surface area contributed by atoms with Crippen LogP contribution >= 0.6 is 22.7 Å². The highest BCUT2D eigenvalue weighted by molar-refractivity contribution is 7.17. The topological polar surface area (TPSA) is 99.4 Å². The average Bonchev–Trinajstić information content (AvgIpc) is 3.61. The Balaban J connectivity index is 1.23. The molecule has 1 N–H and O–H groups in total. The molecule has 0 saturated carbocycles. The van der Waals surface area contributed by atoms with Crippen LogP contribution in [0.25, 0.3) is 21.3 Å². The van der Waals surface area contributed by atoms with E-state index in [-0.39, 0.29) is 5.91 Å². The number of thiophene rings is 1. The summed E-state index contributed by atoms with van der Waals surface area (Å²) >= 11 is 2.96. The molecule has 10 heteroatoms. The number of nitrogens with one attached hydrogen (secondary N) is 1. The maximum absolute atomic E-state index is 12.7. The lowest BCUT2D eigenvalue weighted by atomic mass is 10.2. The lowest BCUT2D eigenvalue weighted by Crippen LogP contribution is -2.24. The van der Waals surface area contributed by atoms with Crippen LogP contribution in [0.1, 0.15) is 40.5 Å². The Kier molecular flexibility index (Phi) is 7.91. The predicted molar refractivity (Wildman–Crippen MR) is 133 cm³/mol. The molecule has 34 heavy (non-hydrogen) atoms. The Morgan fingerprint density at radius 1 is 1.09 bits per heavy atom. The molecule has 1 amide bonds. The van der Waals surface area contributed by atoms with Gasteiger partial charge in [-0.05, 0) is 49.4 Å². The first-order chi connectivity index (χ1) is 16.6. The molecule has 0 aliphatic carbocycles. The molecule has 0 saturated heterocycles. The summed E-state index contributed by atoms with van der Waals surface area (Å²) in [6.07, 6.45) is 3.48. The van der Waals surface area contributed by atoms with Crippen LogP contribution in [-0.2, 0) is 6.42 Å². The summed E-state index contributed by atoms with van der Waals surface area (Å²) in [5, 5.41) is 9.79. The number of rotatable bonds is 11. The molecular formula is C24H26N4O4S2. The van der Waals surface area contributed by atoms with Gasteiger partial charge in [0.15, 0.2) is 11.5 Å². The second kappa shape index (κ2) is 11.3. The molecular weight excluding hydrogens is 472 g/mol. The second-order valence-electron chi connectivity index (χ2n) is 7.56. The van der Waals surface area contributed by atoms with Crippen molar-refractivity contribution in [1.29, 1.82) is 0 Å². The van der Waals surface area contributed by atoms with Crippen LogP contribution in [-0.4, -0.2) is 41.8 Å². The maximum atomic E-state index is 12.7. The number of hydrogen-bond acceptors (Lipinski definition) is 9. The van der Waals surface area contributed by atoms with E-state index in [9.17, 15) is 4.79 Å². The van der Waals surface area contributed by atoms with Gasteiger partial charge in [-0.3, -0.25) is 4.79 Å². The fourth-order valence-electron chi connectivity index (χ4n) is 3.42. The molecule has 4 rings (SSSR count). The predicted octanol–water partition coefficient (Wildman–Crippen LogP) is 5.39. The van der Waals surface area contributed by atoms with Crippen LogP contribution in [0.5, 0.6) is 11.5 Å². The van der Waals surface area contributed by atoms with Crippen molar-refractivity contribution in [2.75, 3.05) is 20.8 Å². The summed E-state index contributed by atoms with van der Waals surface area (Å²) in [7, 11) is 3.19. The van der Waals surface area contributed by atoms with Gasteiger partial charge in [-0.15, -0.1) is 22.7 Å². The summed E-state index contributed by atoms with van der Waals surface area (Å²) in [6.45, 7) is 2.46. The number of hydrogen-bond donors (Lipinski definition) is 1. The van der Waals surface area contributed by atoms with Gasteiger partial charge in [0.25, 0.3) is 5.91 Å². The van der Waals surface area contributed by atoms with Crippen molar-refractivity contribution >= 4 is 28.6 Å². The van der Waals surface area contributed by atoms with Gasteiger partial charge in [-0.25, -0.2) is 4.98 Å². The minimum atomic E-state index is -0.0979. The number of benzene rings is 1. The third-order valence-corrected chi connectivity index (χ3v) is 7.27. The summed E-state index contributed by atoms with van der Waals surface area (Å²) in [5.74, 6) is 2.47. The van der Waals surface area contributed by atoms with Crippen molar-refractivity contribution in [2.24, 2.45) is 0 Å². The Bertz CT molecular complexity index is 1230. The fourth-order valence-corrected chi connectivity index (χ4v) is 5.05. The summed E-state index contributed by atoms with van der Waals surface area (Å²) in [4.78, 5) is 23.3. The highest BCUT2D eigenvalue weighted by atomic mass is 32.1. The average molecular weight is 499 g/mol. The Hall–Kier alpha value is -3.24. The molecule has 0 unspecified atom stereocenters. The first-order valence-corrected chi connectivity index (χ1v) is 12.6. The third kappa shape index (κ3) is 5.63. The van der Waals surface area contributed by atoms with Gasteiger partial charge in [-0.1, -0.05) is 17.6 Å². The van der Waals surface area contributed by atoms with Gasteiger partial charge in [-0.2, -0.15) is 4.98 Å². The van der Waals surface area contributed by atoms with Gasteiger partial charge in [0, 0.05) is 18.5 Å². The summed E-state index contributed by atoms with van der Waals surface area (Å²) in [6, 6.07) is 9.56. The largest absolute Gasteiger partial charge is 0.493 e. The van der Waals surface area contributed by atoms with Crippen molar-refractivity contribution in [1.82, 2.24) is 20.4 Å². The zero-order valence-corrected chi connectivity index (χ0v) is 20.9. The van der Waals surface area contributed by atoms with E-state index >= 15 is 0 Å². The number of carbonyl (C=O) groups is 1. The molecule has 4 aromatic rings. The van der Waals surface area contributed by atoms with E-state index in [4.69, 9.17) is 14.0 Å². The van der Waals surface area contributed by atoms with Crippen LogP contribution in [0.2, 0.25) is 0 Å². The van der Waals surface area contributed by atoms with E-state index in [0.717, 1.165) is 41.1 Å². The molecule has 3 heterocycles. The first-order valence-electron chi connectivity index (χ1n) is 10.9. The fraction of sp³-hybridized carbons (Fsp3) is 0.333. The standard InChI is InChI=1S/C24H26N4O4S2/c1-15-21(34-24(26-15)16-10-11-17(30-2)18(14-16)31-3)23(29)25-12-6-4-5-9-20-27-22(28-32-20)19-8-7-13-33-19/h7-8,10-11,13-14H,4-6,9,12H2,1-3H3,(H,25,29). The lowest BCUT2D eigenvalue weighted by Gasteiger charge is -2.08. The van der Waals surface area contributed by atoms with Crippen molar-refractivity contribution in [3.63, 3.8) is 0 Å². The van der Waals surface area contributed by atoms with Crippen molar-refractivity contribution < 1.29 is 18.8 Å². The van der Waals surface area contributed by atoms with E-state index < -0.39 is 0 Å². The number of methoxy groups -OCH3 is 2. The minimum absolute atomic E-state index is 0.0979. The number of nitrogens with zero attached hydrogens (tertiary/aromatic N) is 3. The quantitative estimate of drug-likeness (QED) is 0.277. The van der Waals surface area contributed by atoms with Gasteiger partial charge < -0.3 is 19.3 Å². The van der Waals surface area contributed by atoms with Crippen LogP contribution < -0.4 is 14.8 Å². The highest BCUT2D eigenvalue weighted by Gasteiger charge is 2.17. The Morgan fingerprint density at radius 3 is 2.71 bits per heavy atom. The zero-order valence-electron chi connectivity index (χ0n) is 19.3. The number of thiazole rings is 1. The molecule has 0 atom stereocenters. The van der Waals surface area contributed by atoms with E-state index in [1.807, 2.05) is 42.6 Å². The van der Waals surface area contributed by atoms with E-state index in [0.29, 0.717) is 40.3 Å². The summed E-state index contributed by atoms with van der Waals surface area (Å²) < 4.78 is 16.0. The monoisotopic (exact) mass is 498 g/mol. The Morgan fingerprint density at radius 2 is 1.94 bits per heavy atom. The minimum Gasteiger partial charge on any atom is -0.493 e.